The summed E-state index contributed by atoms with van der Waals surface area (Å²) in [6, 6.07) is 4.59. The monoisotopic (exact) mass is 480 g/mol. The highest BCUT2D eigenvalue weighted by Crippen LogP contribution is 2.18. The van der Waals surface area contributed by atoms with Crippen LogP contribution in [0.4, 0.5) is 0 Å². The lowest BCUT2D eigenvalue weighted by atomic mass is 10.0. The largest absolute Gasteiger partial charge is 0.378 e. The van der Waals surface area contributed by atoms with Crippen LogP contribution in [0.5, 0.6) is 0 Å². The lowest BCUT2D eigenvalue weighted by Gasteiger charge is -2.30. The Balaban J connectivity index is 0.00000312. The molecule has 1 aliphatic heterocycles. The van der Waals surface area contributed by atoms with E-state index in [0.717, 1.165) is 19.4 Å². The maximum Gasteiger partial charge on any atom is 0.243 e. The first-order chi connectivity index (χ1) is 11.5. The van der Waals surface area contributed by atoms with Crippen LogP contribution in [0.25, 0.3) is 0 Å². The van der Waals surface area contributed by atoms with Crippen LogP contribution in [0.2, 0.25) is 0 Å². The molecule has 2 N–H and O–H groups in total. The van der Waals surface area contributed by atoms with Crippen LogP contribution in [0, 0.1) is 0 Å². The molecule has 0 aliphatic carbocycles. The van der Waals surface area contributed by atoms with Gasteiger partial charge in [-0.05, 0) is 38.1 Å². The molecule has 1 saturated heterocycles. The molecule has 1 fully saturated rings. The van der Waals surface area contributed by atoms with E-state index in [-0.39, 0.29) is 48.6 Å². The van der Waals surface area contributed by atoms with E-state index in [1.165, 1.54) is 4.88 Å². The topological polar surface area (TPSA) is 66.0 Å². The summed E-state index contributed by atoms with van der Waals surface area (Å²) in [5.41, 5.74) is 0. The van der Waals surface area contributed by atoms with Crippen LogP contribution in [0.1, 0.15) is 37.6 Å². The lowest BCUT2D eigenvalue weighted by Crippen LogP contribution is -2.47. The van der Waals surface area contributed by atoms with Gasteiger partial charge in [0.05, 0.1) is 12.1 Å². The van der Waals surface area contributed by atoms with Crippen molar-refractivity contribution >= 4 is 47.2 Å². The lowest BCUT2D eigenvalue weighted by molar-refractivity contribution is -0.127. The number of nitrogens with zero attached hydrogens (tertiary/aromatic N) is 2. The number of hydrogen-bond acceptors (Lipinski definition) is 4. The van der Waals surface area contributed by atoms with Crippen molar-refractivity contribution in [2.24, 2.45) is 4.99 Å². The number of guanidine groups is 1. The van der Waals surface area contributed by atoms with Crippen molar-refractivity contribution in [3.05, 3.63) is 22.4 Å². The van der Waals surface area contributed by atoms with Crippen LogP contribution in [-0.2, 0) is 9.53 Å². The summed E-state index contributed by atoms with van der Waals surface area (Å²) in [6.07, 6.45) is 2.13. The Hall–Kier alpha value is -0.870. The predicted molar refractivity (Wildman–Crippen MR) is 114 cm³/mol. The molecule has 25 heavy (non-hydrogen) atoms. The number of halogens is 1. The summed E-state index contributed by atoms with van der Waals surface area (Å²) in [4.78, 5) is 19.1. The maximum atomic E-state index is 11.9. The van der Waals surface area contributed by atoms with Gasteiger partial charge in [0.1, 0.15) is 6.54 Å². The smallest absolute Gasteiger partial charge is 0.243 e. The minimum absolute atomic E-state index is 0. The van der Waals surface area contributed by atoms with Crippen LogP contribution in [0.3, 0.4) is 0 Å². The number of thiophene rings is 1. The second kappa shape index (κ2) is 11.0. The van der Waals surface area contributed by atoms with E-state index in [1.807, 2.05) is 6.07 Å². The van der Waals surface area contributed by atoms with Gasteiger partial charge in [-0.3, -0.25) is 4.79 Å². The van der Waals surface area contributed by atoms with Gasteiger partial charge in [-0.2, -0.15) is 0 Å². The molecule has 1 aromatic rings. The first-order valence-electron chi connectivity index (χ1n) is 8.38. The van der Waals surface area contributed by atoms with Gasteiger partial charge in [-0.1, -0.05) is 6.07 Å². The van der Waals surface area contributed by atoms with E-state index in [2.05, 4.69) is 40.9 Å². The Morgan fingerprint density at radius 1 is 1.52 bits per heavy atom. The van der Waals surface area contributed by atoms with Crippen LogP contribution in [-0.4, -0.2) is 56.2 Å². The second-order valence-corrected chi connectivity index (χ2v) is 7.36. The van der Waals surface area contributed by atoms with E-state index in [1.54, 1.807) is 30.3 Å². The molecule has 1 aromatic heterocycles. The van der Waals surface area contributed by atoms with Gasteiger partial charge >= 0.3 is 0 Å². The third kappa shape index (κ3) is 7.49. The third-order valence-electron chi connectivity index (χ3n) is 4.02. The molecule has 2 heterocycles. The minimum atomic E-state index is -0.0137. The van der Waals surface area contributed by atoms with Gasteiger partial charge in [0.2, 0.25) is 5.91 Å². The number of carbonyl (C=O) groups excluding carboxylic acids is 1. The Bertz CT molecular complexity index is 551. The van der Waals surface area contributed by atoms with Crippen molar-refractivity contribution in [3.8, 4) is 0 Å². The fraction of sp³-hybridized carbons (Fsp3) is 0.647. The number of aliphatic imine (C=N–C) groups is 1. The summed E-state index contributed by atoms with van der Waals surface area (Å²) >= 11 is 1.71. The highest BCUT2D eigenvalue weighted by Gasteiger charge is 2.21. The predicted octanol–water partition coefficient (Wildman–Crippen LogP) is 2.62. The molecule has 3 atom stereocenters. The number of rotatable bonds is 5. The molecule has 0 radical (unpaired) electrons. The van der Waals surface area contributed by atoms with E-state index < -0.39 is 0 Å². The average Bonchev–Trinajstić information content (AvgIpc) is 3.06. The van der Waals surface area contributed by atoms with Gasteiger partial charge in [-0.15, -0.1) is 35.3 Å². The average molecular weight is 480 g/mol. The molecule has 3 unspecified atom stereocenters. The zero-order valence-corrected chi connectivity index (χ0v) is 18.5. The zero-order chi connectivity index (χ0) is 17.5. The first kappa shape index (κ1) is 22.2. The molecule has 142 valence electrons. The fourth-order valence-corrected chi connectivity index (χ4v) is 3.29. The van der Waals surface area contributed by atoms with Crippen molar-refractivity contribution in [1.29, 1.82) is 0 Å². The first-order valence-corrected chi connectivity index (χ1v) is 9.26. The van der Waals surface area contributed by atoms with Crippen molar-refractivity contribution in [1.82, 2.24) is 15.5 Å². The summed E-state index contributed by atoms with van der Waals surface area (Å²) in [5, 5.41) is 8.94. The van der Waals surface area contributed by atoms with E-state index in [0.29, 0.717) is 12.0 Å². The maximum absolute atomic E-state index is 11.9. The van der Waals surface area contributed by atoms with Crippen molar-refractivity contribution < 1.29 is 9.53 Å². The Kier molecular flexibility index (Phi) is 9.73. The molecule has 0 saturated carbocycles. The van der Waals surface area contributed by atoms with Crippen molar-refractivity contribution in [2.45, 2.75) is 44.9 Å². The third-order valence-corrected chi connectivity index (χ3v) is 5.08. The summed E-state index contributed by atoms with van der Waals surface area (Å²) in [5.74, 6) is 0.672. The van der Waals surface area contributed by atoms with E-state index in [4.69, 9.17) is 4.74 Å². The Morgan fingerprint density at radius 2 is 2.28 bits per heavy atom. The quantitative estimate of drug-likeness (QED) is 0.387. The molecular weight excluding hydrogens is 451 g/mol. The summed E-state index contributed by atoms with van der Waals surface area (Å²) in [7, 11) is 3.49. The van der Waals surface area contributed by atoms with Gasteiger partial charge < -0.3 is 20.3 Å². The highest BCUT2D eigenvalue weighted by molar-refractivity contribution is 14.0. The van der Waals surface area contributed by atoms with Gasteiger partial charge in [0, 0.05) is 31.6 Å². The zero-order valence-electron chi connectivity index (χ0n) is 15.3. The van der Waals surface area contributed by atoms with Gasteiger partial charge in [-0.25, -0.2) is 4.99 Å². The highest BCUT2D eigenvalue weighted by atomic mass is 127. The van der Waals surface area contributed by atoms with Crippen LogP contribution in [0.15, 0.2) is 22.5 Å². The molecule has 0 spiro atoms. The molecule has 0 aromatic carbocycles. The van der Waals surface area contributed by atoms with Gasteiger partial charge in [0.25, 0.3) is 0 Å². The SMILES string of the molecule is CC1CC(NC(=NCC(=O)N(C)C)NC(C)c2cccs2)CCO1.I. The number of ether oxygens (including phenoxy) is 1. The minimum Gasteiger partial charge on any atom is -0.378 e. The van der Waals surface area contributed by atoms with Gasteiger partial charge in [0.15, 0.2) is 5.96 Å². The fourth-order valence-electron chi connectivity index (χ4n) is 2.56. The Morgan fingerprint density at radius 3 is 2.88 bits per heavy atom. The molecule has 0 bridgehead atoms. The molecule has 1 aliphatic rings. The second-order valence-electron chi connectivity index (χ2n) is 6.38. The number of amides is 1. The molecule has 1 amide bonds. The van der Waals surface area contributed by atoms with Crippen molar-refractivity contribution in [3.63, 3.8) is 0 Å². The summed E-state index contributed by atoms with van der Waals surface area (Å²) in [6.45, 7) is 5.08. The van der Waals surface area contributed by atoms with Crippen LogP contribution < -0.4 is 10.6 Å². The summed E-state index contributed by atoms with van der Waals surface area (Å²) < 4.78 is 5.60. The molecular formula is C17H29IN4O2S. The molecule has 2 rings (SSSR count). The van der Waals surface area contributed by atoms with Crippen LogP contribution >= 0.6 is 35.3 Å². The number of carbonyl (C=O) groups is 1. The Labute approximate surface area is 171 Å². The number of hydrogen-bond donors (Lipinski definition) is 2. The number of nitrogens with one attached hydrogen (secondary N) is 2. The van der Waals surface area contributed by atoms with Crippen molar-refractivity contribution in [2.75, 3.05) is 27.2 Å². The van der Waals surface area contributed by atoms with E-state index in [9.17, 15) is 4.79 Å². The molecule has 8 heteroatoms. The normalized spacial score (nSPS) is 21.8. The standard InChI is InChI=1S/C17H28N4O2S.HI/c1-12-10-14(7-8-23-12)20-17(18-11-16(22)21(3)4)19-13(2)15-6-5-9-24-15;/h5-6,9,12-14H,7-8,10-11H2,1-4H3,(H2,18,19,20);1H. The molecule has 6 nitrogen and oxygen atoms in total. The number of likely N-dealkylation sites (N-methyl/N-ethyl adjacent to an activating group) is 1. The van der Waals surface area contributed by atoms with E-state index >= 15 is 0 Å².